The zero-order valence-corrected chi connectivity index (χ0v) is 21.8. The zero-order valence-electron chi connectivity index (χ0n) is 21.8. The predicted octanol–water partition coefficient (Wildman–Crippen LogP) is 6.16. The molecule has 0 aliphatic carbocycles. The van der Waals surface area contributed by atoms with Crippen LogP contribution in [-0.2, 0) is 26.3 Å². The van der Waals surface area contributed by atoms with Gasteiger partial charge in [0.25, 0.3) is 0 Å². The molecular formula is C34H31NO4. The van der Waals surface area contributed by atoms with Crippen LogP contribution >= 0.6 is 0 Å². The quantitative estimate of drug-likeness (QED) is 0.203. The number of benzene rings is 4. The van der Waals surface area contributed by atoms with Gasteiger partial charge in [-0.05, 0) is 70.8 Å². The number of hydrogen-bond donors (Lipinski definition) is 1. The molecule has 0 heterocycles. The van der Waals surface area contributed by atoms with E-state index in [1.54, 1.807) is 0 Å². The van der Waals surface area contributed by atoms with Crippen LogP contribution in [0.2, 0.25) is 0 Å². The van der Waals surface area contributed by atoms with Crippen LogP contribution in [0.3, 0.4) is 0 Å². The summed E-state index contributed by atoms with van der Waals surface area (Å²) in [4.78, 5) is 0. The number of ether oxygens (including phenoxy) is 4. The minimum atomic E-state index is 0.265. The molecule has 0 amide bonds. The SMILES string of the molecule is C#CCOc1ccc(COc2ccc(CNCc3ccc(OCc4ccc(OCC#C)cc4)cc3)cc2)cc1. The Hall–Kier alpha value is -4.84. The molecule has 0 bridgehead atoms. The second-order valence-corrected chi connectivity index (χ2v) is 8.74. The molecule has 0 saturated carbocycles. The van der Waals surface area contributed by atoms with Crippen LogP contribution in [0.15, 0.2) is 97.1 Å². The Morgan fingerprint density at radius 2 is 0.744 bits per heavy atom. The van der Waals surface area contributed by atoms with Crippen molar-refractivity contribution < 1.29 is 18.9 Å². The van der Waals surface area contributed by atoms with E-state index in [1.165, 1.54) is 11.1 Å². The summed E-state index contributed by atoms with van der Waals surface area (Å²) in [5.74, 6) is 8.08. The Morgan fingerprint density at radius 3 is 1.08 bits per heavy atom. The predicted molar refractivity (Wildman–Crippen MR) is 154 cm³/mol. The molecule has 0 unspecified atom stereocenters. The van der Waals surface area contributed by atoms with Crippen LogP contribution in [0.1, 0.15) is 22.3 Å². The van der Waals surface area contributed by atoms with Gasteiger partial charge in [-0.2, -0.15) is 0 Å². The minimum absolute atomic E-state index is 0.265. The molecule has 4 aromatic rings. The molecule has 0 aliphatic heterocycles. The van der Waals surface area contributed by atoms with E-state index >= 15 is 0 Å². The largest absolute Gasteiger partial charge is 0.489 e. The lowest BCUT2D eigenvalue weighted by Gasteiger charge is -2.10. The third-order valence-corrected chi connectivity index (χ3v) is 5.81. The van der Waals surface area contributed by atoms with Crippen molar-refractivity contribution in [3.8, 4) is 47.7 Å². The van der Waals surface area contributed by atoms with Crippen molar-refractivity contribution in [2.75, 3.05) is 13.2 Å². The second-order valence-electron chi connectivity index (χ2n) is 8.74. The van der Waals surface area contributed by atoms with Gasteiger partial charge in [0.15, 0.2) is 0 Å². The highest BCUT2D eigenvalue weighted by Gasteiger charge is 2.01. The molecule has 0 atom stereocenters. The maximum atomic E-state index is 5.90. The second kappa shape index (κ2) is 14.8. The summed E-state index contributed by atoms with van der Waals surface area (Å²) in [5, 5.41) is 3.48. The average Bonchev–Trinajstić information content (AvgIpc) is 2.99. The molecule has 196 valence electrons. The molecule has 4 rings (SSSR count). The van der Waals surface area contributed by atoms with Crippen molar-refractivity contribution in [2.24, 2.45) is 0 Å². The molecule has 0 aromatic heterocycles. The Balaban J connectivity index is 1.15. The third kappa shape index (κ3) is 9.20. The monoisotopic (exact) mass is 517 g/mol. The summed E-state index contributed by atoms with van der Waals surface area (Å²) in [6.45, 7) is 3.03. The van der Waals surface area contributed by atoms with E-state index in [0.717, 1.165) is 47.2 Å². The summed E-state index contributed by atoms with van der Waals surface area (Å²) in [6, 6.07) is 31.7. The Kier molecular flexibility index (Phi) is 10.3. The summed E-state index contributed by atoms with van der Waals surface area (Å²) in [7, 11) is 0. The standard InChI is InChI=1S/C34H31NO4/c1-3-21-36-31-17-9-29(10-18-31)25-38-33-13-5-27(6-14-33)23-35-24-28-7-15-34(16-8-28)39-26-30-11-19-32(20-12-30)37-22-4-2/h1-2,5-20,35H,21-26H2. The third-order valence-electron chi connectivity index (χ3n) is 5.81. The minimum Gasteiger partial charge on any atom is -0.489 e. The molecule has 1 N–H and O–H groups in total. The lowest BCUT2D eigenvalue weighted by Crippen LogP contribution is -2.12. The molecule has 5 nitrogen and oxygen atoms in total. The highest BCUT2D eigenvalue weighted by atomic mass is 16.5. The first-order chi connectivity index (χ1) is 19.2. The summed E-state index contributed by atoms with van der Waals surface area (Å²) >= 11 is 0. The van der Waals surface area contributed by atoms with E-state index in [4.69, 9.17) is 31.8 Å². The van der Waals surface area contributed by atoms with Gasteiger partial charge in [-0.1, -0.05) is 60.4 Å². The van der Waals surface area contributed by atoms with Gasteiger partial charge in [0.1, 0.15) is 49.4 Å². The molecule has 0 radical (unpaired) electrons. The van der Waals surface area contributed by atoms with E-state index in [0.29, 0.717) is 13.2 Å². The van der Waals surface area contributed by atoms with Gasteiger partial charge in [0.05, 0.1) is 0 Å². The van der Waals surface area contributed by atoms with Gasteiger partial charge in [0.2, 0.25) is 0 Å². The molecule has 39 heavy (non-hydrogen) atoms. The van der Waals surface area contributed by atoms with Gasteiger partial charge in [-0.3, -0.25) is 0 Å². The number of rotatable bonds is 14. The molecule has 0 aliphatic rings. The molecular weight excluding hydrogens is 486 g/mol. The van der Waals surface area contributed by atoms with Gasteiger partial charge >= 0.3 is 0 Å². The maximum Gasteiger partial charge on any atom is 0.148 e. The fourth-order valence-electron chi connectivity index (χ4n) is 3.71. The highest BCUT2D eigenvalue weighted by molar-refractivity contribution is 5.31. The maximum absolute atomic E-state index is 5.90. The summed E-state index contributed by atoms with van der Waals surface area (Å²) in [6.07, 6.45) is 10.4. The van der Waals surface area contributed by atoms with E-state index < -0.39 is 0 Å². The first kappa shape index (κ1) is 27.2. The summed E-state index contributed by atoms with van der Waals surface area (Å²) < 4.78 is 22.6. The highest BCUT2D eigenvalue weighted by Crippen LogP contribution is 2.18. The number of hydrogen-bond acceptors (Lipinski definition) is 5. The Labute approximate surface area is 230 Å². The summed E-state index contributed by atoms with van der Waals surface area (Å²) in [5.41, 5.74) is 4.50. The van der Waals surface area contributed by atoms with Gasteiger partial charge in [0, 0.05) is 13.1 Å². The van der Waals surface area contributed by atoms with E-state index in [1.807, 2.05) is 72.8 Å². The van der Waals surface area contributed by atoms with Crippen molar-refractivity contribution in [3.05, 3.63) is 119 Å². The Bertz CT molecular complexity index is 1260. The van der Waals surface area contributed by atoms with Gasteiger partial charge in [-0.15, -0.1) is 12.8 Å². The van der Waals surface area contributed by atoms with Crippen LogP contribution in [0.5, 0.6) is 23.0 Å². The van der Waals surface area contributed by atoms with Crippen LogP contribution < -0.4 is 24.3 Å². The number of nitrogens with one attached hydrogen (secondary N) is 1. The Morgan fingerprint density at radius 1 is 0.436 bits per heavy atom. The van der Waals surface area contributed by atoms with E-state index in [9.17, 15) is 0 Å². The molecule has 0 fully saturated rings. The lowest BCUT2D eigenvalue weighted by molar-refractivity contribution is 0.305. The van der Waals surface area contributed by atoms with Gasteiger partial charge in [-0.25, -0.2) is 0 Å². The molecule has 5 heteroatoms. The van der Waals surface area contributed by atoms with E-state index in [2.05, 4.69) is 41.4 Å². The van der Waals surface area contributed by atoms with Crippen LogP contribution in [0.25, 0.3) is 0 Å². The average molecular weight is 518 g/mol. The van der Waals surface area contributed by atoms with Gasteiger partial charge < -0.3 is 24.3 Å². The fourth-order valence-corrected chi connectivity index (χ4v) is 3.71. The van der Waals surface area contributed by atoms with Crippen molar-refractivity contribution >= 4 is 0 Å². The number of terminal acetylenes is 2. The van der Waals surface area contributed by atoms with Crippen LogP contribution in [0.4, 0.5) is 0 Å². The van der Waals surface area contributed by atoms with Crippen molar-refractivity contribution in [2.45, 2.75) is 26.3 Å². The van der Waals surface area contributed by atoms with Crippen molar-refractivity contribution in [3.63, 3.8) is 0 Å². The van der Waals surface area contributed by atoms with Crippen molar-refractivity contribution in [1.29, 1.82) is 0 Å². The molecule has 0 saturated heterocycles. The smallest absolute Gasteiger partial charge is 0.148 e. The fraction of sp³-hybridized carbons (Fsp3) is 0.176. The molecule has 4 aromatic carbocycles. The first-order valence-electron chi connectivity index (χ1n) is 12.7. The first-order valence-corrected chi connectivity index (χ1v) is 12.7. The zero-order chi connectivity index (χ0) is 27.1. The normalized spacial score (nSPS) is 10.2. The van der Waals surface area contributed by atoms with Crippen LogP contribution in [-0.4, -0.2) is 13.2 Å². The van der Waals surface area contributed by atoms with E-state index in [-0.39, 0.29) is 13.2 Å². The topological polar surface area (TPSA) is 49.0 Å². The molecule has 0 spiro atoms. The van der Waals surface area contributed by atoms with Crippen LogP contribution in [0, 0.1) is 24.7 Å². The van der Waals surface area contributed by atoms with Crippen molar-refractivity contribution in [1.82, 2.24) is 5.32 Å². The lowest BCUT2D eigenvalue weighted by atomic mass is 10.2.